The number of hydrogen-bond donors (Lipinski definition) is 4. The number of nitrogens with two attached hydrogens (primary N) is 2. The molecule has 2 fully saturated rings. The Morgan fingerprint density at radius 1 is 0.575 bits per heavy atom. The number of nitrogens with one attached hydrogen (secondary N) is 2. The molecule has 432 valence electrons. The molecule has 0 aromatic heterocycles. The zero-order valence-corrected chi connectivity index (χ0v) is 52.9. The molecule has 0 saturated carbocycles. The average molecular weight is 1250 g/mol. The number of carbonyl (C=O) groups is 2. The Balaban J connectivity index is 0.000000410. The van der Waals surface area contributed by atoms with Gasteiger partial charge < -0.3 is 78.8 Å². The van der Waals surface area contributed by atoms with Gasteiger partial charge in [-0.05, 0) is 84.3 Å². The Bertz CT molecular complexity index is 2640. The zero-order valence-electron chi connectivity index (χ0n) is 45.0. The molecule has 2 aliphatic heterocycles. The Morgan fingerprint density at radius 3 is 1.18 bits per heavy atom. The SMILES string of the molecule is CC(C)CN(C[C@@H](OP(=O)([O-])[O-])[C@H](Cc1ccccc1)NC(=O)O[C@@H]1CCOC1)S(=O)(=O)c1ccc(N)cc1.CC(C)CN(C[C@@H](OP(=O)([O-])[O-])[C@H](Cc1ccccc1)NC(=O)O[C@H]1CCOC1)S(=O)(=O)c1ccc(N)cc1.[Ca+2].[Ca+2]. The number of amides is 2. The molecule has 0 spiro atoms. The topological polar surface area (TPSA) is 367 Å². The number of carbonyl (C=O) groups excluding carboxylic acids is 2. The number of phosphoric acid groups is 2. The Labute approximate surface area is 527 Å². The van der Waals surface area contributed by atoms with E-state index in [1.807, 2.05) is 0 Å². The first-order valence-corrected chi connectivity index (χ1v) is 30.8. The minimum absolute atomic E-state index is 0. The fourth-order valence-electron chi connectivity index (χ4n) is 8.31. The standard InChI is InChI=1S/2C25H36N3O9PS.2Ca/c2*1-18(2)15-28(39(33,34)22-10-8-20(26)9-11-22)16-24(37-38(30,31)32)23(14-19-6-4-3-5-7-19)27-25(29)36-21-12-13-35-17-21;;/h2*3-11,18,21,23-24H,12-17,26H2,1-2H3,(H,27,29)(H2,30,31,32);;/q;;2*+2/p-4/t21-,23+,24-;21-,23-,24+;;/m10../s1. The molecule has 4 aromatic rings. The summed E-state index contributed by atoms with van der Waals surface area (Å²) in [6.07, 6.45) is -4.82. The van der Waals surface area contributed by atoms with E-state index < -0.39 is 97.5 Å². The number of rotatable bonds is 26. The van der Waals surface area contributed by atoms with Crippen LogP contribution in [0.2, 0.25) is 0 Å². The minimum atomic E-state index is -5.62. The van der Waals surface area contributed by atoms with E-state index in [0.717, 1.165) is 8.61 Å². The van der Waals surface area contributed by atoms with Crippen LogP contribution in [-0.2, 0) is 70.0 Å². The number of anilines is 2. The molecule has 0 radical (unpaired) electrons. The van der Waals surface area contributed by atoms with Gasteiger partial charge in [-0.15, -0.1) is 0 Å². The predicted molar refractivity (Wildman–Crippen MR) is 291 cm³/mol. The number of alkyl carbamates (subject to hydrolysis) is 2. The molecule has 0 aliphatic carbocycles. The van der Waals surface area contributed by atoms with Crippen LogP contribution in [0.15, 0.2) is 119 Å². The summed E-state index contributed by atoms with van der Waals surface area (Å²) in [5.41, 5.74) is 13.5. The van der Waals surface area contributed by atoms with Gasteiger partial charge in [-0.1, -0.05) is 88.4 Å². The van der Waals surface area contributed by atoms with Gasteiger partial charge >= 0.3 is 87.7 Å². The second-order valence-electron chi connectivity index (χ2n) is 19.4. The third kappa shape index (κ3) is 25.0. The number of ether oxygens (including phenoxy) is 4. The van der Waals surface area contributed by atoms with Crippen LogP contribution in [0.25, 0.3) is 0 Å². The molecule has 80 heavy (non-hydrogen) atoms. The van der Waals surface area contributed by atoms with Crippen LogP contribution in [0, 0.1) is 11.8 Å². The fourth-order valence-corrected chi connectivity index (χ4v) is 12.6. The first-order valence-electron chi connectivity index (χ1n) is 25.0. The van der Waals surface area contributed by atoms with Crippen LogP contribution in [0.5, 0.6) is 0 Å². The Hall–Kier alpha value is -2.50. The molecule has 2 heterocycles. The summed E-state index contributed by atoms with van der Waals surface area (Å²) in [5.74, 6) is -0.346. The van der Waals surface area contributed by atoms with Gasteiger partial charge in [0.15, 0.2) is 0 Å². The van der Waals surface area contributed by atoms with E-state index in [4.69, 9.17) is 39.5 Å². The van der Waals surface area contributed by atoms with E-state index in [-0.39, 0.29) is 136 Å². The van der Waals surface area contributed by atoms with E-state index >= 15 is 0 Å². The van der Waals surface area contributed by atoms with Crippen molar-refractivity contribution < 1.29 is 83.1 Å². The van der Waals surface area contributed by atoms with Gasteiger partial charge in [0.1, 0.15) is 12.2 Å². The van der Waals surface area contributed by atoms with Gasteiger partial charge in [-0.3, -0.25) is 0 Å². The molecule has 6 atom stereocenters. The van der Waals surface area contributed by atoms with Crippen LogP contribution < -0.4 is 41.7 Å². The third-order valence-electron chi connectivity index (χ3n) is 11.9. The summed E-state index contributed by atoms with van der Waals surface area (Å²) >= 11 is 0. The summed E-state index contributed by atoms with van der Waals surface area (Å²) in [4.78, 5) is 72.7. The summed E-state index contributed by atoms with van der Waals surface area (Å²) in [6, 6.07) is 26.3. The van der Waals surface area contributed by atoms with Crippen LogP contribution >= 0.6 is 15.6 Å². The van der Waals surface area contributed by atoms with Crippen molar-refractivity contribution in [2.24, 2.45) is 11.8 Å². The van der Waals surface area contributed by atoms with Gasteiger partial charge in [-0.2, -0.15) is 8.61 Å². The van der Waals surface area contributed by atoms with Crippen molar-refractivity contribution in [2.75, 3.05) is 64.1 Å². The fraction of sp³-hybridized carbons (Fsp3) is 0.480. The molecule has 0 bridgehead atoms. The van der Waals surface area contributed by atoms with Crippen molar-refractivity contribution >= 4 is 135 Å². The van der Waals surface area contributed by atoms with Crippen molar-refractivity contribution in [2.45, 2.75) is 99.7 Å². The van der Waals surface area contributed by atoms with Crippen LogP contribution in [0.1, 0.15) is 51.7 Å². The third-order valence-corrected chi connectivity index (χ3v) is 16.6. The maximum Gasteiger partial charge on any atom is 2.00 e. The maximum absolute atomic E-state index is 13.6. The Kier molecular flexibility index (Phi) is 30.4. The van der Waals surface area contributed by atoms with Crippen LogP contribution in [0.3, 0.4) is 0 Å². The molecule has 2 saturated heterocycles. The number of phosphoric ester groups is 2. The predicted octanol–water partition coefficient (Wildman–Crippen LogP) is 1.75. The van der Waals surface area contributed by atoms with Crippen LogP contribution in [0.4, 0.5) is 21.0 Å². The van der Waals surface area contributed by atoms with Crippen LogP contribution in [-0.4, -0.2) is 202 Å². The first-order chi connectivity index (χ1) is 36.7. The first kappa shape index (κ1) is 71.8. The van der Waals surface area contributed by atoms with E-state index in [0.29, 0.717) is 48.6 Å². The normalized spacial score (nSPS) is 17.3. The monoisotopic (exact) mass is 1250 g/mol. The summed E-state index contributed by atoms with van der Waals surface area (Å²) < 4.78 is 111. The maximum atomic E-state index is 13.6. The molecule has 2 amide bonds. The zero-order chi connectivity index (χ0) is 57.3. The molecular formula is C50H68Ca2N6O18P2S2. The molecule has 30 heteroatoms. The van der Waals surface area contributed by atoms with E-state index in [1.165, 1.54) is 48.5 Å². The van der Waals surface area contributed by atoms with Gasteiger partial charge in [0.05, 0.1) is 76.2 Å². The number of sulfonamides is 2. The molecule has 2 aliphatic rings. The minimum Gasteiger partial charge on any atom is -0.790 e. The van der Waals surface area contributed by atoms with Gasteiger partial charge in [0, 0.05) is 50.4 Å². The van der Waals surface area contributed by atoms with Gasteiger partial charge in [0.2, 0.25) is 20.0 Å². The summed E-state index contributed by atoms with van der Waals surface area (Å²) in [5, 5.41) is 5.19. The number of hydrogen-bond acceptors (Lipinski definition) is 20. The second-order valence-corrected chi connectivity index (χ2v) is 25.5. The van der Waals surface area contributed by atoms with Crippen molar-refractivity contribution in [3.63, 3.8) is 0 Å². The number of nitrogen functional groups attached to an aromatic ring is 2. The molecule has 0 unspecified atom stereocenters. The van der Waals surface area contributed by atoms with Crippen molar-refractivity contribution in [3.05, 3.63) is 120 Å². The molecule has 24 nitrogen and oxygen atoms in total. The Morgan fingerprint density at radius 2 is 0.900 bits per heavy atom. The van der Waals surface area contributed by atoms with E-state index in [2.05, 4.69) is 10.6 Å². The number of benzene rings is 4. The number of nitrogens with zero attached hydrogens (tertiary/aromatic N) is 2. The molecule has 4 aromatic carbocycles. The van der Waals surface area contributed by atoms with E-state index in [1.54, 1.807) is 88.4 Å². The quantitative estimate of drug-likeness (QED) is 0.0395. The largest absolute Gasteiger partial charge is 2.00 e. The summed E-state index contributed by atoms with van der Waals surface area (Å²) in [6.45, 7) is 7.33. The molecule has 6 N–H and O–H groups in total. The smallest absolute Gasteiger partial charge is 0.790 e. The average Bonchev–Trinajstić information content (AvgIpc) is 4.08. The van der Waals surface area contributed by atoms with Crippen molar-refractivity contribution in [1.29, 1.82) is 0 Å². The summed E-state index contributed by atoms with van der Waals surface area (Å²) in [7, 11) is -19.6. The van der Waals surface area contributed by atoms with Gasteiger partial charge in [-0.25, -0.2) is 26.4 Å². The van der Waals surface area contributed by atoms with Gasteiger partial charge in [0.25, 0.3) is 0 Å². The van der Waals surface area contributed by atoms with Crippen molar-refractivity contribution in [1.82, 2.24) is 19.2 Å². The second kappa shape index (κ2) is 33.8. The molecule has 6 rings (SSSR count). The molecular weight excluding hydrogens is 1180 g/mol. The van der Waals surface area contributed by atoms with Crippen molar-refractivity contribution in [3.8, 4) is 0 Å². The van der Waals surface area contributed by atoms with E-state index in [9.17, 15) is 55.1 Å².